The smallest absolute Gasteiger partial charge is 0.263 e. The molecule has 5 nitrogen and oxygen atoms in total. The van der Waals surface area contributed by atoms with Crippen molar-refractivity contribution in [3.8, 4) is 16.9 Å². The van der Waals surface area contributed by atoms with Crippen molar-refractivity contribution in [2.24, 2.45) is 0 Å². The summed E-state index contributed by atoms with van der Waals surface area (Å²) in [5.74, 6) is -0.533. The molecular weight excluding hydrogens is 375 g/mol. The third-order valence-electron chi connectivity index (χ3n) is 4.34. The molecule has 2 aromatic heterocycles. The van der Waals surface area contributed by atoms with Crippen LogP contribution >= 0.6 is 11.3 Å². The number of thiazole rings is 1. The fourth-order valence-corrected chi connectivity index (χ4v) is 3.52. The van der Waals surface area contributed by atoms with Crippen LogP contribution in [-0.4, -0.2) is 27.7 Å². The number of hydrogen-bond donors (Lipinski definition) is 0. The topological polar surface area (TPSA) is 51.0 Å². The Morgan fingerprint density at radius 2 is 1.96 bits per heavy atom. The predicted molar refractivity (Wildman–Crippen MR) is 109 cm³/mol. The summed E-state index contributed by atoms with van der Waals surface area (Å²) >= 11 is 1.39. The maximum absolute atomic E-state index is 13.3. The molecule has 0 radical (unpaired) electrons. The van der Waals surface area contributed by atoms with E-state index in [4.69, 9.17) is 0 Å². The number of hydrogen-bond acceptors (Lipinski definition) is 4. The molecule has 0 aliphatic carbocycles. The number of aromatic nitrogens is 3. The number of aryl methyl sites for hydroxylation is 1. The second kappa shape index (κ2) is 7.36. The Kier molecular flexibility index (Phi) is 4.75. The zero-order chi connectivity index (χ0) is 19.7. The average molecular weight is 392 g/mol. The van der Waals surface area contributed by atoms with Crippen LogP contribution in [0.15, 0.2) is 66.3 Å². The molecule has 0 aliphatic rings. The molecule has 0 bridgehead atoms. The van der Waals surface area contributed by atoms with Gasteiger partial charge in [0.15, 0.2) is 5.13 Å². The van der Waals surface area contributed by atoms with Gasteiger partial charge in [0.25, 0.3) is 5.91 Å². The molecule has 4 aromatic rings. The summed E-state index contributed by atoms with van der Waals surface area (Å²) in [5.41, 5.74) is 3.61. The third-order valence-corrected chi connectivity index (χ3v) is 5.19. The molecule has 2 heterocycles. The lowest BCUT2D eigenvalue weighted by molar-refractivity contribution is 0.0993. The molecule has 0 saturated heterocycles. The van der Waals surface area contributed by atoms with Crippen LogP contribution in [0.25, 0.3) is 16.9 Å². The molecule has 4 rings (SSSR count). The van der Waals surface area contributed by atoms with E-state index >= 15 is 0 Å². The van der Waals surface area contributed by atoms with E-state index in [0.717, 1.165) is 11.1 Å². The van der Waals surface area contributed by atoms with E-state index < -0.39 is 0 Å². The first kappa shape index (κ1) is 18.1. The second-order valence-electron chi connectivity index (χ2n) is 6.36. The van der Waals surface area contributed by atoms with Crippen molar-refractivity contribution >= 4 is 22.4 Å². The number of benzene rings is 2. The van der Waals surface area contributed by atoms with E-state index in [0.29, 0.717) is 22.1 Å². The summed E-state index contributed by atoms with van der Waals surface area (Å²) in [5, 5.41) is 7.06. The van der Waals surface area contributed by atoms with Crippen LogP contribution in [0.5, 0.6) is 0 Å². The molecule has 1 amide bonds. The van der Waals surface area contributed by atoms with Crippen molar-refractivity contribution in [3.05, 3.63) is 83.2 Å². The lowest BCUT2D eigenvalue weighted by Gasteiger charge is -2.13. The molecule has 2 aromatic carbocycles. The molecule has 0 unspecified atom stereocenters. The van der Waals surface area contributed by atoms with Gasteiger partial charge in [-0.1, -0.05) is 23.8 Å². The first-order valence-electron chi connectivity index (χ1n) is 8.63. The Morgan fingerprint density at radius 3 is 2.64 bits per heavy atom. The van der Waals surface area contributed by atoms with Gasteiger partial charge in [0, 0.05) is 30.4 Å². The Morgan fingerprint density at radius 1 is 1.18 bits per heavy atom. The zero-order valence-corrected chi connectivity index (χ0v) is 16.2. The lowest BCUT2D eigenvalue weighted by atomic mass is 10.1. The zero-order valence-electron chi connectivity index (χ0n) is 15.3. The molecular formula is C21H17FN4OS. The minimum Gasteiger partial charge on any atom is -0.287 e. The van der Waals surface area contributed by atoms with Gasteiger partial charge < -0.3 is 0 Å². The minimum absolute atomic E-state index is 0.209. The van der Waals surface area contributed by atoms with Crippen molar-refractivity contribution in [1.82, 2.24) is 14.8 Å². The Bertz CT molecular complexity index is 1120. The van der Waals surface area contributed by atoms with Crippen molar-refractivity contribution in [2.75, 3.05) is 11.9 Å². The number of amides is 1. The molecule has 0 atom stereocenters. The van der Waals surface area contributed by atoms with E-state index in [2.05, 4.69) is 10.1 Å². The number of carbonyl (C=O) groups is 1. The van der Waals surface area contributed by atoms with Crippen molar-refractivity contribution in [1.29, 1.82) is 0 Å². The fourth-order valence-electron chi connectivity index (χ4n) is 2.91. The molecule has 0 saturated carbocycles. The van der Waals surface area contributed by atoms with Gasteiger partial charge in [-0.25, -0.2) is 14.1 Å². The van der Waals surface area contributed by atoms with Crippen LogP contribution in [-0.2, 0) is 0 Å². The van der Waals surface area contributed by atoms with E-state index in [9.17, 15) is 9.18 Å². The standard InChI is InChI=1S/C21H17FN4OS/c1-14-4-3-5-15(12-14)19-18(20(27)25(2)21-23-10-11-28-21)13-26(24-19)17-8-6-16(22)7-9-17/h3-13H,1-2H3. The first-order chi connectivity index (χ1) is 13.5. The highest BCUT2D eigenvalue weighted by Gasteiger charge is 2.23. The van der Waals surface area contributed by atoms with E-state index in [1.165, 1.54) is 28.4 Å². The van der Waals surface area contributed by atoms with Gasteiger partial charge in [0.1, 0.15) is 11.5 Å². The summed E-state index contributed by atoms with van der Waals surface area (Å²) in [4.78, 5) is 18.9. The SMILES string of the molecule is Cc1cccc(-c2nn(-c3ccc(F)cc3)cc2C(=O)N(C)c2nccs2)c1. The molecule has 0 aliphatic heterocycles. The quantitative estimate of drug-likeness (QED) is 0.505. The number of carbonyl (C=O) groups excluding carboxylic acids is 1. The summed E-state index contributed by atoms with van der Waals surface area (Å²) in [6.07, 6.45) is 3.34. The number of nitrogens with zero attached hydrogens (tertiary/aromatic N) is 4. The van der Waals surface area contributed by atoms with E-state index in [-0.39, 0.29) is 11.7 Å². The summed E-state index contributed by atoms with van der Waals surface area (Å²) in [7, 11) is 1.69. The van der Waals surface area contributed by atoms with Crippen molar-refractivity contribution in [2.45, 2.75) is 6.92 Å². The largest absolute Gasteiger partial charge is 0.287 e. The fraction of sp³-hybridized carbons (Fsp3) is 0.0952. The number of rotatable bonds is 4. The van der Waals surface area contributed by atoms with Crippen LogP contribution in [0.3, 0.4) is 0 Å². The predicted octanol–water partition coefficient (Wildman–Crippen LogP) is 4.72. The highest BCUT2D eigenvalue weighted by molar-refractivity contribution is 7.13. The monoisotopic (exact) mass is 392 g/mol. The van der Waals surface area contributed by atoms with Crippen molar-refractivity contribution in [3.63, 3.8) is 0 Å². The van der Waals surface area contributed by atoms with E-state index in [1.807, 2.05) is 36.6 Å². The van der Waals surface area contributed by atoms with Crippen LogP contribution < -0.4 is 4.90 Å². The highest BCUT2D eigenvalue weighted by Crippen LogP contribution is 2.27. The highest BCUT2D eigenvalue weighted by atomic mass is 32.1. The van der Waals surface area contributed by atoms with Gasteiger partial charge in [-0.2, -0.15) is 5.10 Å². The maximum atomic E-state index is 13.3. The Hall–Kier alpha value is -3.32. The Balaban J connectivity index is 1.83. The van der Waals surface area contributed by atoms with Crippen LogP contribution in [0.1, 0.15) is 15.9 Å². The van der Waals surface area contributed by atoms with Gasteiger partial charge in [0.05, 0.1) is 11.3 Å². The van der Waals surface area contributed by atoms with Gasteiger partial charge in [-0.3, -0.25) is 9.69 Å². The van der Waals surface area contributed by atoms with Crippen LogP contribution in [0.2, 0.25) is 0 Å². The average Bonchev–Trinajstić information content (AvgIpc) is 3.38. The molecule has 0 N–H and O–H groups in total. The molecule has 28 heavy (non-hydrogen) atoms. The molecule has 0 fully saturated rings. The minimum atomic E-state index is -0.324. The lowest BCUT2D eigenvalue weighted by Crippen LogP contribution is -2.26. The van der Waals surface area contributed by atoms with Crippen LogP contribution in [0.4, 0.5) is 9.52 Å². The first-order valence-corrected chi connectivity index (χ1v) is 9.51. The third kappa shape index (κ3) is 3.44. The molecule has 7 heteroatoms. The van der Waals surface area contributed by atoms with Gasteiger partial charge in [0.2, 0.25) is 0 Å². The summed E-state index contributed by atoms with van der Waals surface area (Å²) in [6.45, 7) is 1.99. The van der Waals surface area contributed by atoms with Gasteiger partial charge in [-0.15, -0.1) is 11.3 Å². The number of halogens is 1. The van der Waals surface area contributed by atoms with Crippen molar-refractivity contribution < 1.29 is 9.18 Å². The normalized spacial score (nSPS) is 10.8. The maximum Gasteiger partial charge on any atom is 0.263 e. The summed E-state index contributed by atoms with van der Waals surface area (Å²) < 4.78 is 14.9. The summed E-state index contributed by atoms with van der Waals surface area (Å²) in [6, 6.07) is 13.8. The van der Waals surface area contributed by atoms with Gasteiger partial charge >= 0.3 is 0 Å². The number of anilines is 1. The second-order valence-corrected chi connectivity index (χ2v) is 7.23. The molecule has 140 valence electrons. The molecule has 0 spiro atoms. The van der Waals surface area contributed by atoms with Crippen LogP contribution in [0, 0.1) is 12.7 Å². The van der Waals surface area contributed by atoms with E-state index in [1.54, 1.807) is 36.3 Å². The Labute approximate surface area is 165 Å². The van der Waals surface area contributed by atoms with Gasteiger partial charge in [-0.05, 0) is 37.3 Å².